The predicted molar refractivity (Wildman–Crippen MR) is 243 cm³/mol. The maximum Gasteiger partial charge on any atom is 0.444 e. The minimum atomic E-state index is -4.35. The topological polar surface area (TPSA) is 188 Å². The first-order valence-corrected chi connectivity index (χ1v) is 21.7. The number of ether oxygens (including phenoxy) is 2. The van der Waals surface area contributed by atoms with E-state index >= 15 is 0 Å². The molecule has 1 atom stereocenters. The highest BCUT2D eigenvalue weighted by molar-refractivity contribution is 7.85. The number of carboxylic acid groups (broad SMARTS) is 3. The Morgan fingerprint density at radius 3 is 1.98 bits per heavy atom. The second-order valence-electron chi connectivity index (χ2n) is 14.9. The average molecular weight is 942 g/mol. The van der Waals surface area contributed by atoms with E-state index in [0.29, 0.717) is 23.1 Å². The predicted octanol–water partition coefficient (Wildman–Crippen LogP) is 10.5. The Balaban J connectivity index is 0.000000234. The zero-order valence-electron chi connectivity index (χ0n) is 36.5. The van der Waals surface area contributed by atoms with Crippen molar-refractivity contribution in [3.8, 4) is 11.5 Å². The van der Waals surface area contributed by atoms with Crippen LogP contribution in [0.15, 0.2) is 114 Å². The molecule has 1 unspecified atom stereocenters. The number of aryl methyl sites for hydroxylation is 4. The van der Waals surface area contributed by atoms with Gasteiger partial charge in [0, 0.05) is 31.4 Å². The first-order chi connectivity index (χ1) is 30.4. The molecule has 6 rings (SSSR count). The zero-order valence-corrected chi connectivity index (χ0v) is 38.1. The van der Waals surface area contributed by atoms with Crippen LogP contribution in [0.1, 0.15) is 79.4 Å². The van der Waals surface area contributed by atoms with Gasteiger partial charge >= 0.3 is 24.0 Å². The van der Waals surface area contributed by atoms with E-state index in [1.54, 1.807) is 44.2 Å². The molecular weight excluding hydrogens is 891 g/mol. The summed E-state index contributed by atoms with van der Waals surface area (Å²) in [5, 5.41) is 26.7. The Morgan fingerprint density at radius 1 is 0.831 bits per heavy atom. The maximum atomic E-state index is 12.9. The summed E-state index contributed by atoms with van der Waals surface area (Å²) in [5.41, 5.74) is 5.62. The lowest BCUT2D eigenvalue weighted by Gasteiger charge is -2.19. The number of hydrogen-bond donors (Lipinski definition) is 4. The minimum Gasteiger partial charge on any atom is -0.497 e. The lowest BCUT2D eigenvalue weighted by atomic mass is 9.89. The lowest BCUT2D eigenvalue weighted by Crippen LogP contribution is -2.33. The number of hydrogen-bond acceptors (Lipinski definition) is 8. The largest absolute Gasteiger partial charge is 0.497 e. The van der Waals surface area contributed by atoms with E-state index in [4.69, 9.17) is 19.5 Å². The molecule has 0 fully saturated rings. The van der Waals surface area contributed by atoms with Crippen molar-refractivity contribution in [3.05, 3.63) is 159 Å². The van der Waals surface area contributed by atoms with Gasteiger partial charge in [-0.3, -0.25) is 4.55 Å². The molecule has 5 aromatic carbocycles. The number of alkyl halides is 4. The van der Waals surface area contributed by atoms with Gasteiger partial charge in [0.1, 0.15) is 17.1 Å². The van der Waals surface area contributed by atoms with Gasteiger partial charge in [0.15, 0.2) is 0 Å². The summed E-state index contributed by atoms with van der Waals surface area (Å²) in [7, 11) is 1.13. The highest BCUT2D eigenvalue weighted by Crippen LogP contribution is 2.33. The summed E-state index contributed by atoms with van der Waals surface area (Å²) >= 11 is 4.60. The van der Waals surface area contributed by atoms with Crippen LogP contribution in [0.25, 0.3) is 6.08 Å². The van der Waals surface area contributed by atoms with Crippen molar-refractivity contribution in [3.63, 3.8) is 0 Å². The molecule has 0 heterocycles. The van der Waals surface area contributed by atoms with E-state index in [0.717, 1.165) is 40.9 Å². The van der Waals surface area contributed by atoms with Gasteiger partial charge in [0.05, 0.1) is 17.6 Å². The Hall–Kier alpha value is -6.36. The van der Waals surface area contributed by atoms with Gasteiger partial charge in [-0.05, 0) is 129 Å². The molecule has 348 valence electrons. The smallest absolute Gasteiger partial charge is 0.444 e. The number of nitrogens with zero attached hydrogens (tertiary/aromatic N) is 1. The molecule has 1 aliphatic rings. The second kappa shape index (κ2) is 24.1. The molecule has 4 N–H and O–H groups in total. The van der Waals surface area contributed by atoms with Crippen LogP contribution < -0.4 is 14.4 Å². The van der Waals surface area contributed by atoms with Crippen molar-refractivity contribution >= 4 is 51.4 Å². The molecule has 5 aromatic rings. The van der Waals surface area contributed by atoms with Crippen LogP contribution >= 0.6 is 11.6 Å². The van der Waals surface area contributed by atoms with Crippen LogP contribution in [0, 0.1) is 13.8 Å². The number of benzene rings is 5. The van der Waals surface area contributed by atoms with Crippen molar-refractivity contribution in [1.29, 1.82) is 0 Å². The molecule has 0 amide bonds. The molecule has 0 aliphatic heterocycles. The number of carboxylic acids is 3. The number of anilines is 1. The molecule has 12 nitrogen and oxygen atoms in total. The third-order valence-electron chi connectivity index (χ3n) is 9.71. The van der Waals surface area contributed by atoms with Crippen molar-refractivity contribution in [1.82, 2.24) is 0 Å². The molecule has 0 radical (unpaired) electrons. The van der Waals surface area contributed by atoms with Crippen LogP contribution in [0.2, 0.25) is 0 Å². The van der Waals surface area contributed by atoms with Crippen LogP contribution in [0.5, 0.6) is 11.5 Å². The van der Waals surface area contributed by atoms with E-state index in [9.17, 15) is 41.1 Å². The first-order valence-electron chi connectivity index (χ1n) is 19.8. The van der Waals surface area contributed by atoms with E-state index < -0.39 is 51.1 Å². The molecule has 0 bridgehead atoms. The van der Waals surface area contributed by atoms with Gasteiger partial charge in [-0.1, -0.05) is 77.8 Å². The van der Waals surface area contributed by atoms with Gasteiger partial charge in [-0.2, -0.15) is 17.2 Å². The van der Waals surface area contributed by atoms with Crippen LogP contribution in [-0.2, 0) is 34.2 Å². The molecule has 0 saturated carbocycles. The average Bonchev–Trinajstić information content (AvgIpc) is 3.23. The Morgan fingerprint density at radius 2 is 1.45 bits per heavy atom. The number of methoxy groups -OCH3 is 1. The number of rotatable bonds is 12. The van der Waals surface area contributed by atoms with Crippen LogP contribution in [0.3, 0.4) is 0 Å². The maximum absolute atomic E-state index is 12.9. The quantitative estimate of drug-likeness (QED) is 0.0527. The van der Waals surface area contributed by atoms with Crippen LogP contribution in [0.4, 0.5) is 18.9 Å². The molecule has 1 aliphatic carbocycles. The van der Waals surface area contributed by atoms with E-state index in [2.05, 4.69) is 34.5 Å². The fourth-order valence-electron chi connectivity index (χ4n) is 6.35. The summed E-state index contributed by atoms with van der Waals surface area (Å²) < 4.78 is 77.2. The normalized spacial score (nSPS) is 12.6. The summed E-state index contributed by atoms with van der Waals surface area (Å²) in [6, 6.07) is 29.5. The van der Waals surface area contributed by atoms with Gasteiger partial charge < -0.3 is 29.7 Å². The number of aliphatic carboxylic acids is 1. The highest BCUT2D eigenvalue weighted by atomic mass is 35.5. The van der Waals surface area contributed by atoms with Gasteiger partial charge in [0.2, 0.25) is 0 Å². The van der Waals surface area contributed by atoms with Gasteiger partial charge in [-0.15, -0.1) is 0 Å². The van der Waals surface area contributed by atoms with E-state index in [-0.39, 0.29) is 10.6 Å². The Kier molecular flexibility index (Phi) is 19.6. The molecule has 0 aromatic heterocycles. The molecule has 0 spiro atoms. The van der Waals surface area contributed by atoms with Crippen molar-refractivity contribution in [2.24, 2.45) is 0 Å². The third-order valence-corrected chi connectivity index (χ3v) is 11.0. The zero-order chi connectivity index (χ0) is 48.6. The second-order valence-corrected chi connectivity index (χ2v) is 16.7. The third kappa shape index (κ3) is 16.6. The summed E-state index contributed by atoms with van der Waals surface area (Å²) in [4.78, 5) is 34.6. The molecule has 17 heteroatoms. The summed E-state index contributed by atoms with van der Waals surface area (Å²) in [6.45, 7) is 5.10. The fourth-order valence-corrected chi connectivity index (χ4v) is 7.10. The SMILES string of the molecule is CC(=Cc1ccc(N(C)C)cc1)C(=O)O.COc1ccc(C(=O)O)c(OC(F)(F)C(F)Cl)c1.Cc1ccc(S(=O)(=O)O)c(C)c1.O=C(O)c1ccccc1Cc1ccc2c(c1)CCCC2. The monoisotopic (exact) mass is 941 g/mol. The van der Waals surface area contributed by atoms with Crippen molar-refractivity contribution < 1.29 is 65.3 Å². The van der Waals surface area contributed by atoms with Gasteiger partial charge in [-0.25, -0.2) is 18.8 Å². The number of aromatic carboxylic acids is 2. The minimum absolute atomic E-state index is 0.0203. The van der Waals surface area contributed by atoms with Crippen molar-refractivity contribution in [2.45, 2.75) is 69.5 Å². The summed E-state index contributed by atoms with van der Waals surface area (Å²) in [6.07, 6.45) is 2.89. The van der Waals surface area contributed by atoms with Gasteiger partial charge in [0.25, 0.3) is 15.7 Å². The Labute approximate surface area is 381 Å². The fraction of sp³-hybridized carbons (Fsp3) is 0.271. The highest BCUT2D eigenvalue weighted by Gasteiger charge is 2.43. The number of halogens is 4. The van der Waals surface area contributed by atoms with E-state index in [1.807, 2.05) is 62.3 Å². The number of fused-ring (bicyclic) bond motifs is 1. The Bertz CT molecular complexity index is 2580. The molecular formula is C48H51ClF3NO11S. The molecule has 0 saturated heterocycles. The van der Waals surface area contributed by atoms with E-state index in [1.165, 1.54) is 55.2 Å². The van der Waals surface area contributed by atoms with Crippen LogP contribution in [-0.4, -0.2) is 79.1 Å². The standard InChI is InChI=1S/C18H18O2.C12H15NO2.C10H8ClF3O4.C8H10O3S/c19-18(20)17-8-4-3-7-16(17)12-13-9-10-14-5-1-2-6-15(14)11-13;1-9(12(14)15)8-10-4-6-11(7-5-10)13(2)3;1-17-5-2-3-6(8(15)16)7(4-5)18-10(13,14)9(11)12;1-6-3-4-8(7(2)5-6)12(9,10)11/h3-4,7-11H,1-2,5-6,12H2,(H,19,20);4-8H,1-3H3,(H,14,15);2-4,9H,1H3,(H,15,16);3-5H,1-2H3,(H,9,10,11). The number of carbonyl (C=O) groups is 3. The van der Waals surface area contributed by atoms with Crippen molar-refractivity contribution in [2.75, 3.05) is 26.1 Å². The lowest BCUT2D eigenvalue weighted by molar-refractivity contribution is -0.199. The first kappa shape index (κ1) is 53.0. The molecule has 65 heavy (non-hydrogen) atoms. The summed E-state index contributed by atoms with van der Waals surface area (Å²) in [5.74, 6) is -3.90.